The molecule has 1 N–H and O–H groups in total. The van der Waals surface area contributed by atoms with Crippen molar-refractivity contribution in [3.05, 3.63) is 35.6 Å². The summed E-state index contributed by atoms with van der Waals surface area (Å²) in [5.41, 5.74) is 1.92. The zero-order valence-electron chi connectivity index (χ0n) is 13.8. The lowest BCUT2D eigenvalue weighted by atomic mass is 9.91. The van der Waals surface area contributed by atoms with E-state index in [1.54, 1.807) is 0 Å². The molecule has 1 heterocycles. The Morgan fingerprint density at radius 1 is 1.24 bits per heavy atom. The van der Waals surface area contributed by atoms with Crippen LogP contribution in [0.5, 0.6) is 0 Å². The number of aryl methyl sites for hydroxylation is 1. The molecule has 0 fully saturated rings. The van der Waals surface area contributed by atoms with Gasteiger partial charge in [-0.25, -0.2) is 0 Å². The molecule has 116 valence electrons. The molecule has 2 atom stereocenters. The van der Waals surface area contributed by atoms with Crippen molar-refractivity contribution in [3.63, 3.8) is 0 Å². The highest BCUT2D eigenvalue weighted by molar-refractivity contribution is 5.78. The van der Waals surface area contributed by atoms with Crippen molar-refractivity contribution in [3.8, 4) is 0 Å². The molecule has 0 radical (unpaired) electrons. The third-order valence-corrected chi connectivity index (χ3v) is 4.17. The van der Waals surface area contributed by atoms with Crippen LogP contribution in [0.3, 0.4) is 0 Å². The lowest BCUT2D eigenvalue weighted by molar-refractivity contribution is -0.0602. The van der Waals surface area contributed by atoms with Gasteiger partial charge >= 0.3 is 0 Å². The van der Waals surface area contributed by atoms with Crippen molar-refractivity contribution < 1.29 is 9.15 Å². The van der Waals surface area contributed by atoms with Crippen molar-refractivity contribution in [2.24, 2.45) is 0 Å². The first kappa shape index (κ1) is 16.1. The van der Waals surface area contributed by atoms with Crippen molar-refractivity contribution in [2.45, 2.75) is 52.7 Å². The number of hydrogen-bond acceptors (Lipinski definition) is 3. The van der Waals surface area contributed by atoms with Crippen LogP contribution < -0.4 is 5.32 Å². The Bertz CT molecular complexity index is 590. The average Bonchev–Trinajstić information content (AvgIpc) is 2.87. The van der Waals surface area contributed by atoms with Gasteiger partial charge in [-0.1, -0.05) is 25.5 Å². The lowest BCUT2D eigenvalue weighted by Crippen LogP contribution is -2.43. The first-order valence-electron chi connectivity index (χ1n) is 7.91. The molecule has 2 aromatic rings. The Labute approximate surface area is 127 Å². The Morgan fingerprint density at radius 3 is 2.62 bits per heavy atom. The van der Waals surface area contributed by atoms with E-state index in [-0.39, 0.29) is 11.6 Å². The van der Waals surface area contributed by atoms with Crippen LogP contribution in [0.1, 0.15) is 51.5 Å². The van der Waals surface area contributed by atoms with Gasteiger partial charge in [-0.15, -0.1) is 0 Å². The van der Waals surface area contributed by atoms with Gasteiger partial charge in [0.15, 0.2) is 0 Å². The van der Waals surface area contributed by atoms with Gasteiger partial charge in [-0.2, -0.15) is 0 Å². The van der Waals surface area contributed by atoms with E-state index in [0.717, 1.165) is 29.7 Å². The number of furan rings is 1. The molecule has 0 amide bonds. The summed E-state index contributed by atoms with van der Waals surface area (Å²) in [5.74, 6) is 0.954. The topological polar surface area (TPSA) is 34.4 Å². The van der Waals surface area contributed by atoms with Crippen LogP contribution in [0.15, 0.2) is 28.7 Å². The molecule has 0 aliphatic rings. The van der Waals surface area contributed by atoms with Gasteiger partial charge in [-0.05, 0) is 51.9 Å². The molecule has 2 rings (SSSR count). The molecule has 21 heavy (non-hydrogen) atoms. The van der Waals surface area contributed by atoms with E-state index in [9.17, 15) is 0 Å². The van der Waals surface area contributed by atoms with Gasteiger partial charge in [0.05, 0.1) is 11.6 Å². The summed E-state index contributed by atoms with van der Waals surface area (Å²) in [6, 6.07) is 8.48. The Kier molecular flexibility index (Phi) is 5.07. The smallest absolute Gasteiger partial charge is 0.134 e. The Hall–Kier alpha value is -1.32. The number of hydrogen-bond donors (Lipinski definition) is 1. The maximum absolute atomic E-state index is 6.09. The van der Waals surface area contributed by atoms with Gasteiger partial charge in [0.2, 0.25) is 0 Å². The summed E-state index contributed by atoms with van der Waals surface area (Å²) in [7, 11) is 0. The van der Waals surface area contributed by atoms with E-state index in [0.29, 0.717) is 6.61 Å². The van der Waals surface area contributed by atoms with E-state index in [1.165, 1.54) is 5.56 Å². The quantitative estimate of drug-likeness (QED) is 0.809. The normalized spacial score (nSPS) is 16.0. The van der Waals surface area contributed by atoms with Gasteiger partial charge < -0.3 is 14.5 Å². The van der Waals surface area contributed by atoms with Gasteiger partial charge in [0, 0.05) is 12.0 Å². The third kappa shape index (κ3) is 3.30. The van der Waals surface area contributed by atoms with Crippen molar-refractivity contribution in [1.82, 2.24) is 5.32 Å². The van der Waals surface area contributed by atoms with Crippen molar-refractivity contribution in [1.29, 1.82) is 0 Å². The Balaban J connectivity index is 2.43. The summed E-state index contributed by atoms with van der Waals surface area (Å²) in [5, 5.41) is 4.69. The second-order valence-electron chi connectivity index (χ2n) is 5.78. The number of fused-ring (bicyclic) bond motifs is 1. The minimum Gasteiger partial charge on any atom is -0.459 e. The van der Waals surface area contributed by atoms with E-state index in [2.05, 4.69) is 51.2 Å². The summed E-state index contributed by atoms with van der Waals surface area (Å²) in [6.45, 7) is 12.1. The lowest BCUT2D eigenvalue weighted by Gasteiger charge is -2.36. The molecule has 2 unspecified atom stereocenters. The molecule has 0 spiro atoms. The van der Waals surface area contributed by atoms with Crippen LogP contribution in [0, 0.1) is 6.92 Å². The molecule has 0 aliphatic carbocycles. The van der Waals surface area contributed by atoms with Gasteiger partial charge in [0.25, 0.3) is 0 Å². The van der Waals surface area contributed by atoms with Crippen molar-refractivity contribution >= 4 is 11.0 Å². The van der Waals surface area contributed by atoms with Crippen LogP contribution in [0.25, 0.3) is 11.0 Å². The fourth-order valence-electron chi connectivity index (χ4n) is 2.87. The van der Waals surface area contributed by atoms with E-state index < -0.39 is 0 Å². The maximum atomic E-state index is 6.09. The summed E-state index contributed by atoms with van der Waals surface area (Å²) < 4.78 is 12.1. The highest BCUT2D eigenvalue weighted by atomic mass is 16.5. The molecule has 0 bridgehead atoms. The van der Waals surface area contributed by atoms with E-state index in [1.807, 2.05) is 13.0 Å². The fraction of sp³-hybridized carbons (Fsp3) is 0.556. The summed E-state index contributed by atoms with van der Waals surface area (Å²) in [4.78, 5) is 0. The average molecular weight is 289 g/mol. The maximum Gasteiger partial charge on any atom is 0.134 e. The molecule has 0 aliphatic heterocycles. The second kappa shape index (κ2) is 6.63. The van der Waals surface area contributed by atoms with E-state index in [4.69, 9.17) is 9.15 Å². The largest absolute Gasteiger partial charge is 0.459 e. The number of benzene rings is 1. The van der Waals surface area contributed by atoms with E-state index >= 15 is 0 Å². The zero-order chi connectivity index (χ0) is 15.5. The third-order valence-electron chi connectivity index (χ3n) is 4.17. The molecule has 3 heteroatoms. The standard InChI is InChI=1S/C18H27NO2/c1-6-18(5,20-8-3)17(19-7-2)16-12-14-11-13(4)9-10-15(14)21-16/h9-12,17,19H,6-8H2,1-5H3. The number of likely N-dealkylation sites (N-methyl/N-ethyl adjacent to an activating group) is 1. The summed E-state index contributed by atoms with van der Waals surface area (Å²) >= 11 is 0. The number of rotatable bonds is 7. The van der Waals surface area contributed by atoms with Crippen LogP contribution in [-0.2, 0) is 4.74 Å². The molecule has 3 nitrogen and oxygen atoms in total. The van der Waals surface area contributed by atoms with Crippen LogP contribution in [0.4, 0.5) is 0 Å². The first-order valence-corrected chi connectivity index (χ1v) is 7.91. The molecule has 1 aromatic heterocycles. The first-order chi connectivity index (χ1) is 10.0. The molecule has 0 saturated carbocycles. The fourth-order valence-corrected chi connectivity index (χ4v) is 2.87. The number of ether oxygens (including phenoxy) is 1. The monoisotopic (exact) mass is 289 g/mol. The molecule has 1 aromatic carbocycles. The van der Waals surface area contributed by atoms with Crippen LogP contribution in [0.2, 0.25) is 0 Å². The SMILES string of the molecule is CCNC(c1cc2cc(C)ccc2o1)C(C)(CC)OCC. The minimum absolute atomic E-state index is 0.0557. The Morgan fingerprint density at radius 2 is 2.00 bits per heavy atom. The highest BCUT2D eigenvalue weighted by Crippen LogP contribution is 2.35. The highest BCUT2D eigenvalue weighted by Gasteiger charge is 2.36. The predicted molar refractivity (Wildman–Crippen MR) is 87.7 cm³/mol. The van der Waals surface area contributed by atoms with Crippen LogP contribution >= 0.6 is 0 Å². The minimum atomic E-state index is -0.270. The van der Waals surface area contributed by atoms with Gasteiger partial charge in [0.1, 0.15) is 11.3 Å². The van der Waals surface area contributed by atoms with Crippen molar-refractivity contribution in [2.75, 3.05) is 13.2 Å². The second-order valence-corrected chi connectivity index (χ2v) is 5.78. The summed E-state index contributed by atoms with van der Waals surface area (Å²) in [6.07, 6.45) is 0.925. The molecule has 0 saturated heterocycles. The van der Waals surface area contributed by atoms with Gasteiger partial charge in [-0.3, -0.25) is 0 Å². The molecular formula is C18H27NO2. The molecular weight excluding hydrogens is 262 g/mol. The zero-order valence-corrected chi connectivity index (χ0v) is 13.8. The van der Waals surface area contributed by atoms with Crippen LogP contribution in [-0.4, -0.2) is 18.8 Å². The number of nitrogens with one attached hydrogen (secondary N) is 1. The predicted octanol–water partition coefficient (Wildman–Crippen LogP) is 4.60.